The predicted octanol–water partition coefficient (Wildman–Crippen LogP) is 3.04. The van der Waals surface area contributed by atoms with E-state index in [0.717, 1.165) is 5.56 Å². The molecule has 2 amide bonds. The molecule has 170 valence electrons. The zero-order valence-electron chi connectivity index (χ0n) is 17.9. The first-order valence-corrected chi connectivity index (χ1v) is 10.6. The SMILES string of the molecule is COCCOC(=O)CCC(=O)NC(=S)Nc1ccc(NC(=O)CCc2ccccc2)cc1. The lowest BCUT2D eigenvalue weighted by atomic mass is 10.1. The summed E-state index contributed by atoms with van der Waals surface area (Å²) in [6, 6.07) is 16.8. The highest BCUT2D eigenvalue weighted by atomic mass is 32.1. The lowest BCUT2D eigenvalue weighted by Crippen LogP contribution is -2.34. The molecule has 0 bridgehead atoms. The molecule has 2 rings (SSSR count). The number of anilines is 2. The van der Waals surface area contributed by atoms with Crippen molar-refractivity contribution < 1.29 is 23.9 Å². The van der Waals surface area contributed by atoms with E-state index in [1.807, 2.05) is 30.3 Å². The second-order valence-electron chi connectivity index (χ2n) is 6.83. The summed E-state index contributed by atoms with van der Waals surface area (Å²) in [5.41, 5.74) is 2.42. The number of benzene rings is 2. The van der Waals surface area contributed by atoms with E-state index in [2.05, 4.69) is 16.0 Å². The van der Waals surface area contributed by atoms with E-state index in [4.69, 9.17) is 21.7 Å². The van der Waals surface area contributed by atoms with Gasteiger partial charge >= 0.3 is 5.97 Å². The minimum absolute atomic E-state index is 0.0401. The summed E-state index contributed by atoms with van der Waals surface area (Å²) in [4.78, 5) is 35.5. The highest BCUT2D eigenvalue weighted by Gasteiger charge is 2.10. The Balaban J connectivity index is 1.68. The van der Waals surface area contributed by atoms with Gasteiger partial charge in [0.05, 0.1) is 13.0 Å². The van der Waals surface area contributed by atoms with Crippen molar-refractivity contribution in [3.63, 3.8) is 0 Å². The van der Waals surface area contributed by atoms with Gasteiger partial charge in [0, 0.05) is 31.3 Å². The highest BCUT2D eigenvalue weighted by Crippen LogP contribution is 2.14. The van der Waals surface area contributed by atoms with Crippen molar-refractivity contribution >= 4 is 46.5 Å². The van der Waals surface area contributed by atoms with E-state index in [9.17, 15) is 14.4 Å². The van der Waals surface area contributed by atoms with Gasteiger partial charge in [-0.2, -0.15) is 0 Å². The van der Waals surface area contributed by atoms with Crippen LogP contribution < -0.4 is 16.0 Å². The van der Waals surface area contributed by atoms with Crippen molar-refractivity contribution in [1.29, 1.82) is 0 Å². The summed E-state index contributed by atoms with van der Waals surface area (Å²) in [5.74, 6) is -0.941. The average Bonchev–Trinajstić information content (AvgIpc) is 2.78. The van der Waals surface area contributed by atoms with Crippen LogP contribution in [0.2, 0.25) is 0 Å². The van der Waals surface area contributed by atoms with Crippen molar-refractivity contribution in [2.45, 2.75) is 25.7 Å². The Morgan fingerprint density at radius 2 is 1.47 bits per heavy atom. The Kier molecular flexibility index (Phi) is 10.8. The molecular weight excluding hydrogens is 430 g/mol. The average molecular weight is 458 g/mol. The molecule has 8 nitrogen and oxygen atoms in total. The largest absolute Gasteiger partial charge is 0.463 e. The standard InChI is InChI=1S/C23H27N3O5S/c1-30-15-16-31-22(29)14-13-21(28)26-23(32)25-19-10-8-18(9-11-19)24-20(27)12-7-17-5-3-2-4-6-17/h2-6,8-11H,7,12-16H2,1H3,(H,24,27)(H2,25,26,28,32). The van der Waals surface area contributed by atoms with Gasteiger partial charge in [0.2, 0.25) is 11.8 Å². The number of ether oxygens (including phenoxy) is 2. The maximum Gasteiger partial charge on any atom is 0.306 e. The zero-order chi connectivity index (χ0) is 23.2. The summed E-state index contributed by atoms with van der Waals surface area (Å²) in [6.45, 7) is 0.461. The molecule has 0 aromatic heterocycles. The Morgan fingerprint density at radius 1 is 0.812 bits per heavy atom. The first-order valence-electron chi connectivity index (χ1n) is 10.2. The van der Waals surface area contributed by atoms with E-state index < -0.39 is 11.9 Å². The van der Waals surface area contributed by atoms with Crippen molar-refractivity contribution in [2.75, 3.05) is 31.0 Å². The molecule has 0 atom stereocenters. The number of nitrogens with one attached hydrogen (secondary N) is 3. The van der Waals surface area contributed by atoms with Crippen LogP contribution in [0.25, 0.3) is 0 Å². The first-order chi connectivity index (χ1) is 15.5. The molecule has 0 fully saturated rings. The van der Waals surface area contributed by atoms with Crippen LogP contribution in [0, 0.1) is 0 Å². The fourth-order valence-corrected chi connectivity index (χ4v) is 2.87. The van der Waals surface area contributed by atoms with Crippen LogP contribution in [0.1, 0.15) is 24.8 Å². The topological polar surface area (TPSA) is 106 Å². The van der Waals surface area contributed by atoms with Crippen molar-refractivity contribution in [3.05, 3.63) is 60.2 Å². The zero-order valence-corrected chi connectivity index (χ0v) is 18.7. The summed E-state index contributed by atoms with van der Waals surface area (Å²) in [7, 11) is 1.51. The molecule has 0 heterocycles. The third-order valence-electron chi connectivity index (χ3n) is 4.27. The third kappa shape index (κ3) is 10.1. The molecule has 2 aromatic rings. The lowest BCUT2D eigenvalue weighted by Gasteiger charge is -2.11. The lowest BCUT2D eigenvalue weighted by molar-refractivity contribution is -0.146. The second-order valence-corrected chi connectivity index (χ2v) is 7.23. The summed E-state index contributed by atoms with van der Waals surface area (Å²) in [6.07, 6.45) is 0.976. The molecule has 0 aliphatic carbocycles. The highest BCUT2D eigenvalue weighted by molar-refractivity contribution is 7.80. The third-order valence-corrected chi connectivity index (χ3v) is 4.47. The van der Waals surface area contributed by atoms with E-state index in [1.165, 1.54) is 7.11 Å². The Bertz CT molecular complexity index is 904. The summed E-state index contributed by atoms with van der Waals surface area (Å²) in [5, 5.41) is 8.36. The quantitative estimate of drug-likeness (QED) is 0.271. The molecule has 0 spiro atoms. The molecular formula is C23H27N3O5S. The van der Waals surface area contributed by atoms with Crippen molar-refractivity contribution in [3.8, 4) is 0 Å². The van der Waals surface area contributed by atoms with Gasteiger partial charge in [0.25, 0.3) is 0 Å². The van der Waals surface area contributed by atoms with Crippen molar-refractivity contribution in [2.24, 2.45) is 0 Å². The molecule has 0 saturated heterocycles. The molecule has 0 radical (unpaired) electrons. The molecule has 0 aliphatic rings. The molecule has 32 heavy (non-hydrogen) atoms. The monoisotopic (exact) mass is 457 g/mol. The van der Waals surface area contributed by atoms with Crippen LogP contribution in [-0.2, 0) is 30.3 Å². The van der Waals surface area contributed by atoms with Crippen molar-refractivity contribution in [1.82, 2.24) is 5.32 Å². The number of thiocarbonyl (C=S) groups is 1. The number of methoxy groups -OCH3 is 1. The number of carbonyl (C=O) groups is 3. The smallest absolute Gasteiger partial charge is 0.306 e. The summed E-state index contributed by atoms with van der Waals surface area (Å²) < 4.78 is 9.67. The Morgan fingerprint density at radius 3 is 2.12 bits per heavy atom. The Labute approximate surface area is 192 Å². The number of hydrogen-bond donors (Lipinski definition) is 3. The van der Waals surface area contributed by atoms with Gasteiger partial charge in [-0.05, 0) is 48.5 Å². The van der Waals surface area contributed by atoms with Gasteiger partial charge in [-0.15, -0.1) is 0 Å². The van der Waals surface area contributed by atoms with E-state index >= 15 is 0 Å². The first kappa shape index (κ1) is 25.0. The number of aryl methyl sites for hydroxylation is 1. The van der Waals surface area contributed by atoms with Crippen LogP contribution in [0.5, 0.6) is 0 Å². The molecule has 0 aliphatic heterocycles. The molecule has 0 unspecified atom stereocenters. The molecule has 2 aromatic carbocycles. The van der Waals surface area contributed by atoms with Gasteiger partial charge in [0.1, 0.15) is 6.61 Å². The molecule has 9 heteroatoms. The fourth-order valence-electron chi connectivity index (χ4n) is 2.64. The minimum atomic E-state index is -0.475. The van der Waals surface area contributed by atoms with Crippen LogP contribution in [-0.4, -0.2) is 43.2 Å². The van der Waals surface area contributed by atoms with Gasteiger partial charge < -0.3 is 25.4 Å². The maximum absolute atomic E-state index is 12.1. The van der Waals surface area contributed by atoms with E-state index in [1.54, 1.807) is 24.3 Å². The van der Waals surface area contributed by atoms with Crippen LogP contribution >= 0.6 is 12.2 Å². The second kappa shape index (κ2) is 13.9. The maximum atomic E-state index is 12.1. The number of rotatable bonds is 11. The fraction of sp³-hybridized carbons (Fsp3) is 0.304. The van der Waals surface area contributed by atoms with Crippen LogP contribution in [0.15, 0.2) is 54.6 Å². The van der Waals surface area contributed by atoms with Gasteiger partial charge in [0.15, 0.2) is 5.11 Å². The minimum Gasteiger partial charge on any atom is -0.463 e. The van der Waals surface area contributed by atoms with Gasteiger partial charge in [-0.3, -0.25) is 14.4 Å². The predicted molar refractivity (Wildman–Crippen MR) is 126 cm³/mol. The number of hydrogen-bond acceptors (Lipinski definition) is 6. The molecule has 3 N–H and O–H groups in total. The molecule has 0 saturated carbocycles. The normalized spacial score (nSPS) is 10.2. The summed E-state index contributed by atoms with van der Waals surface area (Å²) >= 11 is 5.12. The Hall–Kier alpha value is -3.30. The van der Waals surface area contributed by atoms with Crippen LogP contribution in [0.3, 0.4) is 0 Å². The van der Waals surface area contributed by atoms with E-state index in [-0.39, 0.29) is 30.5 Å². The number of esters is 1. The van der Waals surface area contributed by atoms with E-state index in [0.29, 0.717) is 30.8 Å². The van der Waals surface area contributed by atoms with Gasteiger partial charge in [-0.25, -0.2) is 0 Å². The number of carbonyl (C=O) groups excluding carboxylic acids is 3. The van der Waals surface area contributed by atoms with Gasteiger partial charge in [-0.1, -0.05) is 30.3 Å². The van der Waals surface area contributed by atoms with Crippen LogP contribution in [0.4, 0.5) is 11.4 Å². The number of amides is 2.